The Morgan fingerprint density at radius 1 is 1.05 bits per heavy atom. The van der Waals surface area contributed by atoms with Gasteiger partial charge in [-0.25, -0.2) is 0 Å². The van der Waals surface area contributed by atoms with E-state index in [1.54, 1.807) is 0 Å². The molecule has 0 aliphatic rings. The van der Waals surface area contributed by atoms with E-state index in [1.807, 2.05) is 42.5 Å². The van der Waals surface area contributed by atoms with Gasteiger partial charge < -0.3 is 16.5 Å². The third-order valence-electron chi connectivity index (χ3n) is 3.50. The number of hydrogen-bond donors (Lipinski definition) is 3. The van der Waals surface area contributed by atoms with Crippen LogP contribution in [-0.2, 0) is 0 Å². The first kappa shape index (κ1) is 13.2. The van der Waals surface area contributed by atoms with Crippen molar-refractivity contribution in [3.63, 3.8) is 0 Å². The monoisotopic (exact) mass is 285 g/mol. The molecule has 4 heteroatoms. The highest BCUT2D eigenvalue weighted by molar-refractivity contribution is 6.30. The van der Waals surface area contributed by atoms with Crippen LogP contribution in [0.15, 0.2) is 48.5 Å². The van der Waals surface area contributed by atoms with E-state index in [0.29, 0.717) is 6.54 Å². The smallest absolute Gasteiger partial charge is 0.0513 e. The van der Waals surface area contributed by atoms with Crippen LogP contribution in [-0.4, -0.2) is 11.5 Å². The van der Waals surface area contributed by atoms with Crippen LogP contribution < -0.4 is 11.5 Å². The average molecular weight is 286 g/mol. The number of fused-ring (bicyclic) bond motifs is 1. The number of hydrogen-bond acceptors (Lipinski definition) is 2. The molecule has 1 unspecified atom stereocenters. The Kier molecular flexibility index (Phi) is 3.49. The Labute approximate surface area is 122 Å². The molecule has 0 saturated carbocycles. The Bertz CT molecular complexity index is 731. The van der Waals surface area contributed by atoms with Crippen molar-refractivity contribution in [3.8, 4) is 11.3 Å². The predicted molar refractivity (Wildman–Crippen MR) is 84.7 cm³/mol. The van der Waals surface area contributed by atoms with Crippen molar-refractivity contribution in [1.29, 1.82) is 0 Å². The summed E-state index contributed by atoms with van der Waals surface area (Å²) in [5, 5.41) is 1.84. The number of nitrogens with one attached hydrogen (secondary N) is 1. The van der Waals surface area contributed by atoms with Crippen LogP contribution in [0, 0.1) is 0 Å². The highest BCUT2D eigenvalue weighted by Crippen LogP contribution is 2.33. The van der Waals surface area contributed by atoms with Crippen molar-refractivity contribution in [2.24, 2.45) is 11.5 Å². The molecular weight excluding hydrogens is 270 g/mol. The van der Waals surface area contributed by atoms with Crippen molar-refractivity contribution in [1.82, 2.24) is 4.98 Å². The summed E-state index contributed by atoms with van der Waals surface area (Å²) in [6, 6.07) is 15.6. The van der Waals surface area contributed by atoms with Crippen LogP contribution in [0.5, 0.6) is 0 Å². The van der Waals surface area contributed by atoms with E-state index < -0.39 is 0 Å². The van der Waals surface area contributed by atoms with E-state index in [-0.39, 0.29) is 6.04 Å². The molecule has 3 nitrogen and oxygen atoms in total. The molecule has 0 aliphatic carbocycles. The highest BCUT2D eigenvalue weighted by atomic mass is 35.5. The molecule has 1 atom stereocenters. The first-order valence-corrected chi connectivity index (χ1v) is 6.90. The number of aromatic nitrogens is 1. The second-order valence-corrected chi connectivity index (χ2v) is 5.24. The minimum Gasteiger partial charge on any atom is -0.354 e. The van der Waals surface area contributed by atoms with Crippen LogP contribution in [0.25, 0.3) is 22.2 Å². The van der Waals surface area contributed by atoms with Gasteiger partial charge >= 0.3 is 0 Å². The van der Waals surface area contributed by atoms with Crippen LogP contribution in [0.2, 0.25) is 5.02 Å². The fourth-order valence-electron chi connectivity index (χ4n) is 2.51. The minimum atomic E-state index is -0.197. The van der Waals surface area contributed by atoms with Gasteiger partial charge in [-0.3, -0.25) is 0 Å². The summed E-state index contributed by atoms with van der Waals surface area (Å²) in [7, 11) is 0. The zero-order chi connectivity index (χ0) is 14.1. The molecule has 0 amide bonds. The van der Waals surface area contributed by atoms with Gasteiger partial charge in [-0.05, 0) is 23.8 Å². The molecular formula is C16H16ClN3. The topological polar surface area (TPSA) is 67.8 Å². The summed E-state index contributed by atoms with van der Waals surface area (Å²) in [6.07, 6.45) is 0. The minimum absolute atomic E-state index is 0.197. The molecule has 0 saturated heterocycles. The summed E-state index contributed by atoms with van der Waals surface area (Å²) >= 11 is 5.95. The number of benzene rings is 2. The zero-order valence-corrected chi connectivity index (χ0v) is 11.7. The number of H-pyrrole nitrogens is 1. The summed E-state index contributed by atoms with van der Waals surface area (Å²) in [4.78, 5) is 3.44. The number of nitrogens with two attached hydrogens (primary N) is 2. The van der Waals surface area contributed by atoms with Crippen molar-refractivity contribution in [2.45, 2.75) is 6.04 Å². The summed E-state index contributed by atoms with van der Waals surface area (Å²) < 4.78 is 0. The van der Waals surface area contributed by atoms with Gasteiger partial charge in [0.25, 0.3) is 0 Å². The maximum Gasteiger partial charge on any atom is 0.0513 e. The van der Waals surface area contributed by atoms with E-state index in [1.165, 1.54) is 0 Å². The average Bonchev–Trinajstić information content (AvgIpc) is 2.86. The fourth-order valence-corrected chi connectivity index (χ4v) is 2.64. The Balaban J connectivity index is 2.26. The molecule has 2 aromatic carbocycles. The van der Waals surface area contributed by atoms with Gasteiger partial charge in [0.2, 0.25) is 0 Å². The molecule has 102 valence electrons. The van der Waals surface area contributed by atoms with Gasteiger partial charge in [0.15, 0.2) is 0 Å². The Morgan fingerprint density at radius 3 is 2.45 bits per heavy atom. The lowest BCUT2D eigenvalue weighted by molar-refractivity contribution is 0.745. The van der Waals surface area contributed by atoms with Gasteiger partial charge in [-0.2, -0.15) is 0 Å². The summed E-state index contributed by atoms with van der Waals surface area (Å²) in [5.41, 5.74) is 16.2. The highest BCUT2D eigenvalue weighted by Gasteiger charge is 2.17. The number of para-hydroxylation sites is 1. The van der Waals surface area contributed by atoms with Gasteiger partial charge in [0.05, 0.1) is 5.69 Å². The third-order valence-corrected chi connectivity index (χ3v) is 3.76. The maximum atomic E-state index is 6.20. The molecule has 1 aromatic heterocycles. The van der Waals surface area contributed by atoms with E-state index in [9.17, 15) is 0 Å². The third kappa shape index (κ3) is 2.20. The molecule has 1 heterocycles. The molecule has 0 aliphatic heterocycles. The Morgan fingerprint density at radius 2 is 1.75 bits per heavy atom. The standard InChI is InChI=1S/C16H16ClN3/c17-11-7-5-10(6-8-11)16-15(13(19)9-18)12-3-1-2-4-14(12)20-16/h1-8,13,20H,9,18-19H2. The molecule has 0 bridgehead atoms. The second kappa shape index (κ2) is 5.29. The van der Waals surface area contributed by atoms with E-state index in [2.05, 4.69) is 11.1 Å². The number of aromatic amines is 1. The quantitative estimate of drug-likeness (QED) is 0.690. The van der Waals surface area contributed by atoms with E-state index >= 15 is 0 Å². The van der Waals surface area contributed by atoms with Crippen molar-refractivity contribution in [2.75, 3.05) is 6.54 Å². The molecule has 0 radical (unpaired) electrons. The summed E-state index contributed by atoms with van der Waals surface area (Å²) in [6.45, 7) is 0.405. The number of halogens is 1. The summed E-state index contributed by atoms with van der Waals surface area (Å²) in [5.74, 6) is 0. The van der Waals surface area contributed by atoms with Gasteiger partial charge in [0, 0.05) is 34.1 Å². The predicted octanol–water partition coefficient (Wildman–Crippen LogP) is 3.45. The molecule has 5 N–H and O–H groups in total. The van der Waals surface area contributed by atoms with E-state index in [0.717, 1.165) is 32.7 Å². The van der Waals surface area contributed by atoms with Crippen molar-refractivity contribution < 1.29 is 0 Å². The first-order valence-electron chi connectivity index (χ1n) is 6.53. The zero-order valence-electron chi connectivity index (χ0n) is 10.9. The molecule has 0 fully saturated rings. The molecule has 20 heavy (non-hydrogen) atoms. The second-order valence-electron chi connectivity index (χ2n) is 4.81. The van der Waals surface area contributed by atoms with Crippen LogP contribution in [0.3, 0.4) is 0 Å². The van der Waals surface area contributed by atoms with Crippen molar-refractivity contribution in [3.05, 3.63) is 59.1 Å². The van der Waals surface area contributed by atoms with Crippen LogP contribution >= 0.6 is 11.6 Å². The van der Waals surface area contributed by atoms with Crippen molar-refractivity contribution >= 4 is 22.5 Å². The SMILES string of the molecule is NCC(N)c1c(-c2ccc(Cl)cc2)[nH]c2ccccc12. The molecule has 3 rings (SSSR count). The molecule has 0 spiro atoms. The largest absolute Gasteiger partial charge is 0.354 e. The van der Waals surface area contributed by atoms with Crippen LogP contribution in [0.4, 0.5) is 0 Å². The Hall–Kier alpha value is -1.81. The first-order chi connectivity index (χ1) is 9.70. The van der Waals surface area contributed by atoms with Gasteiger partial charge in [0.1, 0.15) is 0 Å². The maximum absolute atomic E-state index is 6.20. The lowest BCUT2D eigenvalue weighted by Gasteiger charge is -2.11. The van der Waals surface area contributed by atoms with E-state index in [4.69, 9.17) is 23.1 Å². The fraction of sp³-hybridized carbons (Fsp3) is 0.125. The van der Waals surface area contributed by atoms with Crippen LogP contribution in [0.1, 0.15) is 11.6 Å². The van der Waals surface area contributed by atoms with Gasteiger partial charge in [-0.15, -0.1) is 0 Å². The lowest BCUT2D eigenvalue weighted by atomic mass is 9.99. The molecule has 3 aromatic rings. The lowest BCUT2D eigenvalue weighted by Crippen LogP contribution is -2.21. The normalized spacial score (nSPS) is 12.8. The van der Waals surface area contributed by atoms with Gasteiger partial charge in [-0.1, -0.05) is 41.9 Å². The number of rotatable bonds is 3.